The van der Waals surface area contributed by atoms with E-state index in [1.807, 2.05) is 15.9 Å². The van der Waals surface area contributed by atoms with Crippen molar-refractivity contribution in [2.45, 2.75) is 39.2 Å². The van der Waals surface area contributed by atoms with E-state index in [-0.39, 0.29) is 0 Å². The van der Waals surface area contributed by atoms with E-state index in [2.05, 4.69) is 30.1 Å². The highest BCUT2D eigenvalue weighted by Crippen LogP contribution is 2.40. The van der Waals surface area contributed by atoms with Gasteiger partial charge in [0.2, 0.25) is 5.28 Å². The molecule has 1 fully saturated rings. The highest BCUT2D eigenvalue weighted by molar-refractivity contribution is 7.12. The van der Waals surface area contributed by atoms with Crippen LogP contribution in [0.3, 0.4) is 0 Å². The average Bonchev–Trinajstić information content (AvgIpc) is 2.99. The van der Waals surface area contributed by atoms with Crippen molar-refractivity contribution in [3.63, 3.8) is 0 Å². The summed E-state index contributed by atoms with van der Waals surface area (Å²) < 4.78 is 2.05. The maximum atomic E-state index is 6.11. The van der Waals surface area contributed by atoms with Crippen LogP contribution in [0.5, 0.6) is 0 Å². The van der Waals surface area contributed by atoms with Gasteiger partial charge < -0.3 is 0 Å². The summed E-state index contributed by atoms with van der Waals surface area (Å²) in [6.07, 6.45) is 2.44. The van der Waals surface area contributed by atoms with E-state index in [1.165, 1.54) is 28.2 Å². The van der Waals surface area contributed by atoms with Crippen LogP contribution in [0.1, 0.15) is 39.9 Å². The first-order valence-corrected chi connectivity index (χ1v) is 6.99. The molecule has 1 aliphatic carbocycles. The summed E-state index contributed by atoms with van der Waals surface area (Å²) in [5.41, 5.74) is 1.35. The zero-order chi connectivity index (χ0) is 12.0. The fourth-order valence-corrected chi connectivity index (χ4v) is 3.19. The Kier molecular flexibility index (Phi) is 2.71. The third kappa shape index (κ3) is 2.11. The third-order valence-corrected chi connectivity index (χ3v) is 4.62. The van der Waals surface area contributed by atoms with Crippen LogP contribution in [0, 0.1) is 13.8 Å². The van der Waals surface area contributed by atoms with Gasteiger partial charge in [-0.25, -0.2) is 0 Å². The average molecular weight is 268 g/mol. The quantitative estimate of drug-likeness (QED) is 0.852. The first kappa shape index (κ1) is 11.2. The van der Waals surface area contributed by atoms with Gasteiger partial charge >= 0.3 is 0 Å². The molecule has 2 heterocycles. The van der Waals surface area contributed by atoms with Crippen LogP contribution in [0.25, 0.3) is 0 Å². The van der Waals surface area contributed by atoms with Crippen LogP contribution < -0.4 is 0 Å². The molecule has 17 heavy (non-hydrogen) atoms. The van der Waals surface area contributed by atoms with Crippen molar-refractivity contribution in [2.75, 3.05) is 0 Å². The maximum Gasteiger partial charge on any atom is 0.225 e. The van der Waals surface area contributed by atoms with Gasteiger partial charge in [-0.1, -0.05) is 0 Å². The molecule has 0 unspecified atom stereocenters. The summed E-state index contributed by atoms with van der Waals surface area (Å²) >= 11 is 7.93. The minimum absolute atomic E-state index is 0.510. The van der Waals surface area contributed by atoms with Crippen molar-refractivity contribution < 1.29 is 0 Å². The monoisotopic (exact) mass is 267 g/mol. The zero-order valence-electron chi connectivity index (χ0n) is 9.90. The van der Waals surface area contributed by atoms with Gasteiger partial charge in [-0.05, 0) is 49.9 Å². The molecule has 90 valence electrons. The highest BCUT2D eigenvalue weighted by atomic mass is 35.5. The Morgan fingerprint density at radius 1 is 1.41 bits per heavy atom. The Hall–Kier alpha value is -0.870. The SMILES string of the molecule is Cc1cc(Cn2c(Cl)nnc2C2CC2)sc1C. The lowest BCUT2D eigenvalue weighted by Crippen LogP contribution is -2.03. The molecule has 0 amide bonds. The fraction of sp³-hybridized carbons (Fsp3) is 0.500. The van der Waals surface area contributed by atoms with Gasteiger partial charge in [0.05, 0.1) is 6.54 Å². The lowest BCUT2D eigenvalue weighted by molar-refractivity contribution is 0.735. The molecule has 0 N–H and O–H groups in total. The van der Waals surface area contributed by atoms with E-state index in [9.17, 15) is 0 Å². The standard InChI is InChI=1S/C12H14ClN3S/c1-7-5-10(17-8(7)2)6-16-11(9-3-4-9)14-15-12(16)13/h5,9H,3-4,6H2,1-2H3. The summed E-state index contributed by atoms with van der Waals surface area (Å²) in [4.78, 5) is 2.70. The molecule has 3 nitrogen and oxygen atoms in total. The van der Waals surface area contributed by atoms with Crippen LogP contribution in [0.4, 0.5) is 0 Å². The molecule has 2 aromatic heterocycles. The zero-order valence-corrected chi connectivity index (χ0v) is 11.5. The highest BCUT2D eigenvalue weighted by Gasteiger charge is 2.30. The molecule has 2 aromatic rings. The van der Waals surface area contributed by atoms with Crippen molar-refractivity contribution in [1.29, 1.82) is 0 Å². The van der Waals surface area contributed by atoms with Crippen LogP contribution in [-0.4, -0.2) is 14.8 Å². The largest absolute Gasteiger partial charge is 0.296 e. The van der Waals surface area contributed by atoms with Crippen LogP contribution in [-0.2, 0) is 6.54 Å². The molecule has 0 bridgehead atoms. The van der Waals surface area contributed by atoms with Gasteiger partial charge in [0.1, 0.15) is 5.82 Å². The van der Waals surface area contributed by atoms with Gasteiger partial charge in [-0.3, -0.25) is 4.57 Å². The number of halogens is 1. The van der Waals surface area contributed by atoms with E-state index >= 15 is 0 Å². The number of hydrogen-bond donors (Lipinski definition) is 0. The Labute approximate surface area is 109 Å². The number of nitrogens with zero attached hydrogens (tertiary/aromatic N) is 3. The summed E-state index contributed by atoms with van der Waals surface area (Å²) in [5, 5.41) is 8.68. The molecular formula is C12H14ClN3S. The molecule has 1 aliphatic rings. The Morgan fingerprint density at radius 2 is 2.18 bits per heavy atom. The molecule has 0 spiro atoms. The second-order valence-corrected chi connectivity index (χ2v) is 6.32. The molecule has 0 aliphatic heterocycles. The summed E-state index contributed by atoms with van der Waals surface area (Å²) in [6, 6.07) is 2.23. The minimum Gasteiger partial charge on any atom is -0.296 e. The lowest BCUT2D eigenvalue weighted by Gasteiger charge is -2.04. The minimum atomic E-state index is 0.510. The number of hydrogen-bond acceptors (Lipinski definition) is 3. The molecule has 1 saturated carbocycles. The Morgan fingerprint density at radius 3 is 2.76 bits per heavy atom. The molecule has 3 rings (SSSR count). The molecule has 0 atom stereocenters. The van der Waals surface area contributed by atoms with E-state index in [0.29, 0.717) is 11.2 Å². The summed E-state index contributed by atoms with van der Waals surface area (Å²) in [6.45, 7) is 5.10. The number of aromatic nitrogens is 3. The molecule has 0 radical (unpaired) electrons. The fourth-order valence-electron chi connectivity index (χ4n) is 1.97. The van der Waals surface area contributed by atoms with Crippen molar-refractivity contribution in [3.8, 4) is 0 Å². The summed E-state index contributed by atoms with van der Waals surface area (Å²) in [7, 11) is 0. The number of rotatable bonds is 3. The third-order valence-electron chi connectivity index (χ3n) is 3.21. The van der Waals surface area contributed by atoms with E-state index < -0.39 is 0 Å². The predicted octanol–water partition coefficient (Wildman–Crippen LogP) is 3.54. The topological polar surface area (TPSA) is 30.7 Å². The van der Waals surface area contributed by atoms with Crippen LogP contribution >= 0.6 is 22.9 Å². The predicted molar refractivity (Wildman–Crippen MR) is 69.9 cm³/mol. The van der Waals surface area contributed by atoms with Crippen molar-refractivity contribution in [1.82, 2.24) is 14.8 Å². The van der Waals surface area contributed by atoms with Gasteiger partial charge in [0, 0.05) is 15.7 Å². The number of thiophene rings is 1. The molecular weight excluding hydrogens is 254 g/mol. The van der Waals surface area contributed by atoms with Gasteiger partial charge in [-0.2, -0.15) is 0 Å². The van der Waals surface area contributed by atoms with Gasteiger partial charge in [0.25, 0.3) is 0 Å². The van der Waals surface area contributed by atoms with Crippen molar-refractivity contribution in [3.05, 3.63) is 32.5 Å². The molecule has 0 aromatic carbocycles. The maximum absolute atomic E-state index is 6.11. The second-order valence-electron chi connectivity index (χ2n) is 4.64. The Bertz CT molecular complexity index is 535. The lowest BCUT2D eigenvalue weighted by atomic mass is 10.3. The van der Waals surface area contributed by atoms with Crippen molar-refractivity contribution >= 4 is 22.9 Å². The smallest absolute Gasteiger partial charge is 0.225 e. The second kappa shape index (κ2) is 4.10. The normalized spacial score (nSPS) is 15.5. The number of aryl methyl sites for hydroxylation is 2. The van der Waals surface area contributed by atoms with E-state index in [1.54, 1.807) is 0 Å². The summed E-state index contributed by atoms with van der Waals surface area (Å²) in [5.74, 6) is 1.64. The van der Waals surface area contributed by atoms with E-state index in [4.69, 9.17) is 11.6 Å². The van der Waals surface area contributed by atoms with Gasteiger partial charge in [0.15, 0.2) is 0 Å². The van der Waals surface area contributed by atoms with Gasteiger partial charge in [-0.15, -0.1) is 21.5 Å². The van der Waals surface area contributed by atoms with Crippen molar-refractivity contribution in [2.24, 2.45) is 0 Å². The first-order valence-electron chi connectivity index (χ1n) is 5.79. The van der Waals surface area contributed by atoms with Crippen LogP contribution in [0.2, 0.25) is 5.28 Å². The van der Waals surface area contributed by atoms with Crippen LogP contribution in [0.15, 0.2) is 6.07 Å². The van der Waals surface area contributed by atoms with E-state index in [0.717, 1.165) is 12.4 Å². The molecule has 5 heteroatoms. The molecule has 0 saturated heterocycles. The first-order chi connectivity index (χ1) is 8.15. The Balaban J connectivity index is 1.91.